The summed E-state index contributed by atoms with van der Waals surface area (Å²) in [7, 11) is -3.67. The van der Waals surface area contributed by atoms with Gasteiger partial charge in [-0.3, -0.25) is 9.35 Å². The van der Waals surface area contributed by atoms with Gasteiger partial charge in [-0.25, -0.2) is 14.2 Å². The van der Waals surface area contributed by atoms with E-state index in [-0.39, 0.29) is 22.9 Å². The van der Waals surface area contributed by atoms with E-state index < -0.39 is 38.4 Å². The smallest absolute Gasteiger partial charge is 0.341 e. The van der Waals surface area contributed by atoms with Gasteiger partial charge in [0, 0.05) is 30.9 Å². The minimum atomic E-state index is -3.67. The molecule has 12 heteroatoms. The van der Waals surface area contributed by atoms with Crippen molar-refractivity contribution >= 4 is 32.9 Å². The molecule has 3 heterocycles. The Hall–Kier alpha value is -2.57. The zero-order valence-electron chi connectivity index (χ0n) is 17.1. The van der Waals surface area contributed by atoms with Crippen molar-refractivity contribution in [3.63, 3.8) is 0 Å². The highest BCUT2D eigenvalue weighted by molar-refractivity contribution is 7.85. The van der Waals surface area contributed by atoms with Crippen LogP contribution in [0.1, 0.15) is 37.6 Å². The van der Waals surface area contributed by atoms with E-state index in [1.807, 2.05) is 20.8 Å². The van der Waals surface area contributed by atoms with E-state index in [1.165, 1.54) is 6.20 Å². The number of rotatable bonds is 2. The van der Waals surface area contributed by atoms with Crippen LogP contribution in [0.3, 0.4) is 0 Å². The number of fused-ring (bicyclic) bond motifs is 1. The summed E-state index contributed by atoms with van der Waals surface area (Å²) in [5.41, 5.74) is 4.47. The van der Waals surface area contributed by atoms with E-state index in [9.17, 15) is 27.5 Å². The average Bonchev–Trinajstić information content (AvgIpc) is 2.98. The number of hydrogen-bond donors (Lipinski definition) is 3. The van der Waals surface area contributed by atoms with Gasteiger partial charge in [-0.1, -0.05) is 0 Å². The first kappa shape index (κ1) is 23.7. The molecule has 166 valence electrons. The third-order valence-electron chi connectivity index (χ3n) is 4.39. The Morgan fingerprint density at radius 2 is 1.93 bits per heavy atom. The lowest BCUT2D eigenvalue weighted by molar-refractivity contribution is 0.0694. The minimum Gasteiger partial charge on any atom is -0.477 e. The second-order valence-corrected chi connectivity index (χ2v) is 9.58. The normalized spacial score (nSPS) is 17.0. The second-order valence-electron chi connectivity index (χ2n) is 8.11. The molecule has 1 aliphatic rings. The summed E-state index contributed by atoms with van der Waals surface area (Å²) in [6.45, 7) is 6.66. The van der Waals surface area contributed by atoms with Gasteiger partial charge in [0.25, 0.3) is 10.1 Å². The molecule has 30 heavy (non-hydrogen) atoms. The summed E-state index contributed by atoms with van der Waals surface area (Å²) in [5.74, 6) is -1.86. The van der Waals surface area contributed by atoms with Gasteiger partial charge < -0.3 is 20.3 Å². The van der Waals surface area contributed by atoms with Crippen LogP contribution >= 0.6 is 0 Å². The number of pyridine rings is 2. The SMILES string of the molecule is CC(C)(C)n1cc(C(=O)O)c(=O)c2cc(F)c(N3CC[C@H](N)C3)nc21.CS(=O)(=O)O. The first-order valence-corrected chi connectivity index (χ1v) is 10.9. The molecule has 0 unspecified atom stereocenters. The molecule has 2 aromatic heterocycles. The van der Waals surface area contributed by atoms with Crippen molar-refractivity contribution in [2.24, 2.45) is 5.73 Å². The van der Waals surface area contributed by atoms with E-state index in [1.54, 1.807) is 9.47 Å². The molecule has 3 rings (SSSR count). The van der Waals surface area contributed by atoms with E-state index in [2.05, 4.69) is 4.98 Å². The van der Waals surface area contributed by atoms with Crippen LogP contribution in [0.2, 0.25) is 0 Å². The Bertz CT molecular complexity index is 1130. The zero-order valence-corrected chi connectivity index (χ0v) is 17.9. The van der Waals surface area contributed by atoms with Crippen molar-refractivity contribution in [3.05, 3.63) is 33.9 Å². The van der Waals surface area contributed by atoms with Crippen LogP contribution in [0.4, 0.5) is 10.2 Å². The largest absolute Gasteiger partial charge is 0.477 e. The van der Waals surface area contributed by atoms with Gasteiger partial charge in [-0.15, -0.1) is 0 Å². The van der Waals surface area contributed by atoms with E-state index in [0.29, 0.717) is 19.3 Å². The van der Waals surface area contributed by atoms with Crippen molar-refractivity contribution < 1.29 is 27.3 Å². The lowest BCUT2D eigenvalue weighted by Gasteiger charge is -2.26. The van der Waals surface area contributed by atoms with Crippen LogP contribution in [0.25, 0.3) is 11.0 Å². The average molecular weight is 444 g/mol. The summed E-state index contributed by atoms with van der Waals surface area (Å²) >= 11 is 0. The van der Waals surface area contributed by atoms with Gasteiger partial charge in [-0.05, 0) is 33.3 Å². The van der Waals surface area contributed by atoms with Crippen molar-refractivity contribution in [2.75, 3.05) is 24.2 Å². The third-order valence-corrected chi connectivity index (χ3v) is 4.39. The molecule has 0 spiro atoms. The molecular weight excluding hydrogens is 419 g/mol. The fourth-order valence-electron chi connectivity index (χ4n) is 3.08. The molecular formula is C18H25FN4O6S. The number of carbonyl (C=O) groups is 1. The summed E-state index contributed by atoms with van der Waals surface area (Å²) < 4.78 is 42.1. The van der Waals surface area contributed by atoms with Crippen molar-refractivity contribution in [1.82, 2.24) is 9.55 Å². The maximum atomic E-state index is 14.6. The number of halogens is 1. The number of anilines is 1. The summed E-state index contributed by atoms with van der Waals surface area (Å²) in [4.78, 5) is 30.0. The third kappa shape index (κ3) is 5.52. The van der Waals surface area contributed by atoms with Gasteiger partial charge in [0.2, 0.25) is 5.43 Å². The molecule has 0 aromatic carbocycles. The second kappa shape index (κ2) is 8.28. The number of aromatic carboxylic acids is 1. The van der Waals surface area contributed by atoms with Crippen LogP contribution in [-0.4, -0.2) is 59.0 Å². The van der Waals surface area contributed by atoms with Gasteiger partial charge in [0.1, 0.15) is 11.2 Å². The molecule has 1 atom stereocenters. The fraction of sp³-hybridized carbons (Fsp3) is 0.500. The molecule has 4 N–H and O–H groups in total. The van der Waals surface area contributed by atoms with Crippen LogP contribution in [0.5, 0.6) is 0 Å². The first-order chi connectivity index (χ1) is 13.6. The topological polar surface area (TPSA) is 156 Å². The van der Waals surface area contributed by atoms with E-state index >= 15 is 0 Å². The van der Waals surface area contributed by atoms with Crippen molar-refractivity contribution in [3.8, 4) is 0 Å². The molecule has 10 nitrogen and oxygen atoms in total. The van der Waals surface area contributed by atoms with E-state index in [0.717, 1.165) is 12.5 Å². The lowest BCUT2D eigenvalue weighted by Crippen LogP contribution is -2.30. The number of nitrogens with two attached hydrogens (primary N) is 1. The maximum Gasteiger partial charge on any atom is 0.341 e. The molecule has 1 saturated heterocycles. The minimum absolute atomic E-state index is 0.0421. The van der Waals surface area contributed by atoms with Crippen LogP contribution in [0.15, 0.2) is 17.1 Å². The maximum absolute atomic E-state index is 14.6. The predicted octanol–water partition coefficient (Wildman–Crippen LogP) is 1.03. The highest BCUT2D eigenvalue weighted by Gasteiger charge is 2.27. The Kier molecular flexibility index (Phi) is 6.54. The number of nitrogens with zero attached hydrogens (tertiary/aromatic N) is 3. The Morgan fingerprint density at radius 1 is 1.37 bits per heavy atom. The molecule has 0 radical (unpaired) electrons. The van der Waals surface area contributed by atoms with Crippen LogP contribution in [-0.2, 0) is 15.7 Å². The number of hydrogen-bond acceptors (Lipinski definition) is 7. The van der Waals surface area contributed by atoms with Crippen LogP contribution < -0.4 is 16.1 Å². The number of aromatic nitrogens is 2. The summed E-state index contributed by atoms with van der Waals surface area (Å²) in [5, 5.41) is 9.25. The van der Waals surface area contributed by atoms with Crippen molar-refractivity contribution in [1.29, 1.82) is 0 Å². The fourth-order valence-corrected chi connectivity index (χ4v) is 3.08. The van der Waals surface area contributed by atoms with Gasteiger partial charge >= 0.3 is 5.97 Å². The number of carboxylic acid groups (broad SMARTS) is 1. The Balaban J connectivity index is 0.000000575. The van der Waals surface area contributed by atoms with Crippen molar-refractivity contribution in [2.45, 2.75) is 38.8 Å². The highest BCUT2D eigenvalue weighted by atomic mass is 32.2. The Morgan fingerprint density at radius 3 is 2.37 bits per heavy atom. The molecule has 1 fully saturated rings. The van der Waals surface area contributed by atoms with E-state index in [4.69, 9.17) is 10.3 Å². The van der Waals surface area contributed by atoms with Gasteiger partial charge in [-0.2, -0.15) is 8.42 Å². The quantitative estimate of drug-likeness (QED) is 0.576. The van der Waals surface area contributed by atoms with Crippen LogP contribution in [0, 0.1) is 5.82 Å². The van der Waals surface area contributed by atoms with Gasteiger partial charge in [0.05, 0.1) is 11.6 Å². The standard InChI is InChI=1S/C17H21FN4O3.CH4O3S/c1-17(2,3)22-8-11(16(24)25)13(23)10-6-12(18)15(20-14(10)22)21-5-4-9(19)7-21;1-5(2,3)4/h6,8-9H,4-5,7,19H2,1-3H3,(H,24,25);1H3,(H,2,3,4)/t9-;/m0./s1. The monoisotopic (exact) mass is 444 g/mol. The Labute approximate surface area is 172 Å². The molecule has 1 aliphatic heterocycles. The predicted molar refractivity (Wildman–Crippen MR) is 110 cm³/mol. The number of carboxylic acids is 1. The van der Waals surface area contributed by atoms with Gasteiger partial charge in [0.15, 0.2) is 11.6 Å². The lowest BCUT2D eigenvalue weighted by atomic mass is 10.1. The zero-order chi connectivity index (χ0) is 23.0. The molecule has 0 amide bonds. The molecule has 0 aliphatic carbocycles. The highest BCUT2D eigenvalue weighted by Crippen LogP contribution is 2.27. The summed E-state index contributed by atoms with van der Waals surface area (Å²) in [6.07, 6.45) is 2.73. The molecule has 0 bridgehead atoms. The summed E-state index contributed by atoms with van der Waals surface area (Å²) in [6, 6.07) is 1.04. The molecule has 0 saturated carbocycles. The molecule has 2 aromatic rings. The first-order valence-electron chi connectivity index (χ1n) is 9.02.